The first kappa shape index (κ1) is 17.0. The Morgan fingerprint density at radius 3 is 2.15 bits per heavy atom. The molecular weight excluding hydrogens is 338 g/mol. The summed E-state index contributed by atoms with van der Waals surface area (Å²) in [5, 5.41) is 0. The van der Waals surface area contributed by atoms with Gasteiger partial charge in [0, 0.05) is 12.0 Å². The van der Waals surface area contributed by atoms with Crippen molar-refractivity contribution in [1.82, 2.24) is 0 Å². The predicted molar refractivity (Wildman–Crippen MR) is 104 cm³/mol. The molecule has 0 saturated carbocycles. The molecule has 1 aliphatic heterocycles. The molecule has 3 aromatic rings. The van der Waals surface area contributed by atoms with E-state index in [0.29, 0.717) is 12.3 Å². The Morgan fingerprint density at radius 1 is 0.889 bits per heavy atom. The minimum absolute atomic E-state index is 0.358. The first-order valence-corrected chi connectivity index (χ1v) is 8.77. The van der Waals surface area contributed by atoms with Crippen molar-refractivity contribution < 1.29 is 14.3 Å². The van der Waals surface area contributed by atoms with E-state index in [1.165, 1.54) is 0 Å². The molecule has 27 heavy (non-hydrogen) atoms. The Labute approximate surface area is 158 Å². The summed E-state index contributed by atoms with van der Waals surface area (Å²) in [4.78, 5) is 17.8. The lowest BCUT2D eigenvalue weighted by Crippen LogP contribution is -2.33. The van der Waals surface area contributed by atoms with Gasteiger partial charge in [-0.25, -0.2) is 9.79 Å². The SMILES string of the molecule is COc1ccc(C[C@@]2(c3ccccc3)N=C(c3ccccc3)OC2=O)cc1. The second-order valence-electron chi connectivity index (χ2n) is 6.42. The highest BCUT2D eigenvalue weighted by Gasteiger charge is 2.47. The number of methoxy groups -OCH3 is 1. The minimum atomic E-state index is -1.10. The van der Waals surface area contributed by atoms with Gasteiger partial charge in [0.2, 0.25) is 5.90 Å². The summed E-state index contributed by atoms with van der Waals surface area (Å²) in [6, 6.07) is 26.8. The van der Waals surface area contributed by atoms with E-state index in [-0.39, 0.29) is 5.97 Å². The van der Waals surface area contributed by atoms with E-state index in [2.05, 4.69) is 0 Å². The maximum atomic E-state index is 13.0. The van der Waals surface area contributed by atoms with E-state index in [0.717, 1.165) is 22.4 Å². The summed E-state index contributed by atoms with van der Waals surface area (Å²) in [6.07, 6.45) is 0.413. The van der Waals surface area contributed by atoms with Crippen LogP contribution in [0.4, 0.5) is 0 Å². The highest BCUT2D eigenvalue weighted by atomic mass is 16.6. The van der Waals surface area contributed by atoms with E-state index in [9.17, 15) is 4.79 Å². The Kier molecular flexibility index (Phi) is 4.47. The monoisotopic (exact) mass is 357 g/mol. The van der Waals surface area contributed by atoms with Crippen LogP contribution in [0, 0.1) is 0 Å². The third kappa shape index (κ3) is 3.22. The van der Waals surface area contributed by atoms with Gasteiger partial charge in [0.1, 0.15) is 5.75 Å². The summed E-state index contributed by atoms with van der Waals surface area (Å²) >= 11 is 0. The van der Waals surface area contributed by atoms with Crippen molar-refractivity contribution in [2.24, 2.45) is 4.99 Å². The van der Waals surface area contributed by atoms with Crippen molar-refractivity contribution in [3.05, 3.63) is 102 Å². The topological polar surface area (TPSA) is 47.9 Å². The van der Waals surface area contributed by atoms with E-state index < -0.39 is 5.54 Å². The van der Waals surface area contributed by atoms with Crippen LogP contribution in [-0.2, 0) is 21.5 Å². The quantitative estimate of drug-likeness (QED) is 0.645. The number of cyclic esters (lactones) is 1. The summed E-state index contributed by atoms with van der Waals surface area (Å²) in [6.45, 7) is 0. The van der Waals surface area contributed by atoms with Crippen molar-refractivity contribution >= 4 is 11.9 Å². The van der Waals surface area contributed by atoms with Crippen LogP contribution < -0.4 is 4.74 Å². The molecule has 0 saturated heterocycles. The van der Waals surface area contributed by atoms with Gasteiger partial charge in [-0.3, -0.25) is 0 Å². The molecule has 4 heteroatoms. The number of carbonyl (C=O) groups is 1. The van der Waals surface area contributed by atoms with Crippen molar-refractivity contribution in [3.8, 4) is 5.75 Å². The first-order valence-electron chi connectivity index (χ1n) is 8.77. The fourth-order valence-electron chi connectivity index (χ4n) is 3.27. The van der Waals surface area contributed by atoms with Crippen molar-refractivity contribution in [3.63, 3.8) is 0 Å². The van der Waals surface area contributed by atoms with E-state index >= 15 is 0 Å². The molecule has 0 N–H and O–H groups in total. The number of aliphatic imine (C=N–C) groups is 1. The molecule has 4 nitrogen and oxygen atoms in total. The molecular formula is C23H19NO3. The smallest absolute Gasteiger partial charge is 0.345 e. The highest BCUT2D eigenvalue weighted by Crippen LogP contribution is 2.37. The molecule has 0 bridgehead atoms. The minimum Gasteiger partial charge on any atom is -0.497 e. The van der Waals surface area contributed by atoms with Gasteiger partial charge >= 0.3 is 5.97 Å². The Bertz CT molecular complexity index is 966. The lowest BCUT2D eigenvalue weighted by atomic mass is 9.84. The lowest BCUT2D eigenvalue weighted by molar-refractivity contribution is -0.139. The molecule has 3 aromatic carbocycles. The summed E-state index contributed by atoms with van der Waals surface area (Å²) in [5.41, 5.74) is 1.49. The van der Waals surface area contributed by atoms with E-state index in [1.54, 1.807) is 7.11 Å². The van der Waals surface area contributed by atoms with E-state index in [1.807, 2.05) is 84.9 Å². The van der Waals surface area contributed by atoms with Gasteiger partial charge in [0.05, 0.1) is 7.11 Å². The van der Waals surface area contributed by atoms with Crippen molar-refractivity contribution in [2.45, 2.75) is 12.0 Å². The summed E-state index contributed by atoms with van der Waals surface area (Å²) in [7, 11) is 1.63. The number of benzene rings is 3. The van der Waals surface area contributed by atoms with Gasteiger partial charge in [-0.15, -0.1) is 0 Å². The Balaban J connectivity index is 1.79. The number of carbonyl (C=O) groups excluding carboxylic acids is 1. The van der Waals surface area contributed by atoms with Gasteiger partial charge < -0.3 is 9.47 Å². The molecule has 0 unspecified atom stereocenters. The third-order valence-electron chi connectivity index (χ3n) is 4.71. The van der Waals surface area contributed by atoms with Gasteiger partial charge in [-0.1, -0.05) is 60.7 Å². The second kappa shape index (κ2) is 7.08. The summed E-state index contributed by atoms with van der Waals surface area (Å²) in [5.74, 6) is 0.774. The molecule has 0 radical (unpaired) electrons. The molecule has 1 aliphatic rings. The maximum absolute atomic E-state index is 13.0. The van der Waals surface area contributed by atoms with Crippen LogP contribution >= 0.6 is 0 Å². The highest BCUT2D eigenvalue weighted by molar-refractivity contribution is 6.08. The molecule has 1 atom stereocenters. The number of hydrogen-bond acceptors (Lipinski definition) is 4. The first-order chi connectivity index (χ1) is 13.2. The number of hydrogen-bond donors (Lipinski definition) is 0. The van der Waals surface area contributed by atoms with Crippen LogP contribution in [0.2, 0.25) is 0 Å². The summed E-state index contributed by atoms with van der Waals surface area (Å²) < 4.78 is 10.8. The molecule has 4 rings (SSSR count). The Hall–Kier alpha value is -3.40. The zero-order chi connectivity index (χ0) is 18.7. The number of esters is 1. The average molecular weight is 357 g/mol. The van der Waals surface area contributed by atoms with Crippen LogP contribution in [-0.4, -0.2) is 19.0 Å². The molecule has 1 heterocycles. The van der Waals surface area contributed by atoms with Gasteiger partial charge in [0.25, 0.3) is 0 Å². The number of ether oxygens (including phenoxy) is 2. The number of rotatable bonds is 5. The van der Waals surface area contributed by atoms with Gasteiger partial charge in [-0.2, -0.15) is 0 Å². The van der Waals surface area contributed by atoms with Crippen LogP contribution in [0.25, 0.3) is 0 Å². The maximum Gasteiger partial charge on any atom is 0.345 e. The normalized spacial score (nSPS) is 18.7. The van der Waals surface area contributed by atoms with Crippen LogP contribution in [0.1, 0.15) is 16.7 Å². The zero-order valence-electron chi connectivity index (χ0n) is 15.0. The molecule has 0 spiro atoms. The molecule has 134 valence electrons. The van der Waals surface area contributed by atoms with Gasteiger partial charge in [0.15, 0.2) is 5.54 Å². The number of nitrogens with zero attached hydrogens (tertiary/aromatic N) is 1. The third-order valence-corrected chi connectivity index (χ3v) is 4.71. The molecule has 0 amide bonds. The standard InChI is InChI=1S/C23H19NO3/c1-26-20-14-12-17(13-15-20)16-23(19-10-6-3-7-11-19)22(25)27-21(24-23)18-8-4-2-5-9-18/h2-15H,16H2,1H3/t23-/m0/s1. The largest absolute Gasteiger partial charge is 0.497 e. The zero-order valence-corrected chi connectivity index (χ0v) is 15.0. The van der Waals surface area contributed by atoms with Gasteiger partial charge in [-0.05, 0) is 35.4 Å². The average Bonchev–Trinajstić information content (AvgIpc) is 3.07. The Morgan fingerprint density at radius 2 is 1.52 bits per heavy atom. The fraction of sp³-hybridized carbons (Fsp3) is 0.130. The molecule has 0 fully saturated rings. The fourth-order valence-corrected chi connectivity index (χ4v) is 3.27. The van der Waals surface area contributed by atoms with Crippen molar-refractivity contribution in [1.29, 1.82) is 0 Å². The van der Waals surface area contributed by atoms with E-state index in [4.69, 9.17) is 14.5 Å². The van der Waals surface area contributed by atoms with Crippen molar-refractivity contribution in [2.75, 3.05) is 7.11 Å². The predicted octanol–water partition coefficient (Wildman–Crippen LogP) is 4.14. The molecule has 0 aromatic heterocycles. The van der Waals surface area contributed by atoms with Crippen LogP contribution in [0.3, 0.4) is 0 Å². The van der Waals surface area contributed by atoms with Crippen LogP contribution in [0.5, 0.6) is 5.75 Å². The molecule has 0 aliphatic carbocycles. The van der Waals surface area contributed by atoms with Crippen LogP contribution in [0.15, 0.2) is 89.9 Å². The second-order valence-corrected chi connectivity index (χ2v) is 6.42. The lowest BCUT2D eigenvalue weighted by Gasteiger charge is -2.22.